The number of halogens is 1. The van der Waals surface area contributed by atoms with E-state index in [1.54, 1.807) is 12.4 Å². The summed E-state index contributed by atoms with van der Waals surface area (Å²) < 4.78 is 52.8. The molecule has 0 bridgehead atoms. The minimum Gasteiger partial charge on any atom is -0.444 e. The van der Waals surface area contributed by atoms with Crippen LogP contribution in [-0.4, -0.2) is 128 Å². The number of aromatic amines is 1. The highest BCUT2D eigenvalue weighted by Gasteiger charge is 2.31. The van der Waals surface area contributed by atoms with Gasteiger partial charge in [0.15, 0.2) is 5.65 Å². The molecule has 3 atom stereocenters. The number of nitrogens with one attached hydrogen (secondary N) is 4. The van der Waals surface area contributed by atoms with E-state index in [1.165, 1.54) is 21.1 Å². The number of sulfonamides is 2. The minimum absolute atomic E-state index is 0. The van der Waals surface area contributed by atoms with E-state index in [4.69, 9.17) is 10.5 Å². The van der Waals surface area contributed by atoms with E-state index >= 15 is 0 Å². The van der Waals surface area contributed by atoms with E-state index in [0.29, 0.717) is 55.2 Å². The zero-order chi connectivity index (χ0) is 34.6. The van der Waals surface area contributed by atoms with Gasteiger partial charge in [0.2, 0.25) is 20.0 Å². The summed E-state index contributed by atoms with van der Waals surface area (Å²) in [5, 5.41) is 8.89. The number of H-pyrrole nitrogens is 1. The molecular weight excluding hydrogens is 686 g/mol. The number of hydrogen-bond acceptors (Lipinski definition) is 11. The second-order valence-corrected chi connectivity index (χ2v) is 17.5. The number of nitrogens with two attached hydrogens (primary N) is 1. The van der Waals surface area contributed by atoms with Gasteiger partial charge in [-0.15, -0.1) is 12.4 Å². The number of rotatable bonds is 6. The third-order valence-corrected chi connectivity index (χ3v) is 10.6. The summed E-state index contributed by atoms with van der Waals surface area (Å²) in [6.07, 6.45) is 10.1. The molecule has 6 rings (SSSR count). The van der Waals surface area contributed by atoms with Crippen molar-refractivity contribution in [3.8, 4) is 0 Å². The minimum atomic E-state index is -3.21. The van der Waals surface area contributed by atoms with Crippen LogP contribution in [0.25, 0.3) is 11.2 Å². The van der Waals surface area contributed by atoms with Crippen molar-refractivity contribution in [2.45, 2.75) is 82.5 Å². The lowest BCUT2D eigenvalue weighted by molar-refractivity contribution is 0.0508. The first kappa shape index (κ1) is 39.8. The fourth-order valence-electron chi connectivity index (χ4n) is 5.37. The molecule has 6 N–H and O–H groups in total. The van der Waals surface area contributed by atoms with Crippen molar-refractivity contribution in [1.29, 1.82) is 0 Å². The average molecular weight is 736 g/mol. The van der Waals surface area contributed by atoms with E-state index in [2.05, 4.69) is 30.9 Å². The monoisotopic (exact) mass is 735 g/mol. The first-order valence-corrected chi connectivity index (χ1v) is 19.6. The molecular formula is C29H50ClN9O7S2. The Hall–Kier alpha value is -2.61. The molecule has 3 aliphatic heterocycles. The zero-order valence-electron chi connectivity index (χ0n) is 28.2. The number of aromatic nitrogens is 3. The number of carbonyl (C=O) groups excluding carboxylic acids is 2. The summed E-state index contributed by atoms with van der Waals surface area (Å²) in [5.41, 5.74) is 7.67. The first-order valence-electron chi connectivity index (χ1n) is 15.9. The van der Waals surface area contributed by atoms with Crippen molar-refractivity contribution >= 4 is 55.6 Å². The Labute approximate surface area is 289 Å². The van der Waals surface area contributed by atoms with Crippen LogP contribution in [0.15, 0.2) is 12.4 Å². The predicted molar refractivity (Wildman–Crippen MR) is 185 cm³/mol. The highest BCUT2D eigenvalue weighted by atomic mass is 35.5. The van der Waals surface area contributed by atoms with Gasteiger partial charge in [-0.2, -0.15) is 0 Å². The molecule has 2 amide bonds. The molecule has 1 aliphatic carbocycles. The highest BCUT2D eigenvalue weighted by molar-refractivity contribution is 7.88. The Balaban J connectivity index is 0.000000220. The summed E-state index contributed by atoms with van der Waals surface area (Å²) in [6, 6.07) is 0.0846. The van der Waals surface area contributed by atoms with Crippen LogP contribution in [0.3, 0.4) is 0 Å². The van der Waals surface area contributed by atoms with Crippen LogP contribution in [0.4, 0.5) is 4.79 Å². The van der Waals surface area contributed by atoms with Crippen molar-refractivity contribution in [3.05, 3.63) is 23.7 Å². The normalized spacial score (nSPS) is 23.3. The maximum absolute atomic E-state index is 12.6. The van der Waals surface area contributed by atoms with Crippen LogP contribution >= 0.6 is 12.4 Å². The van der Waals surface area contributed by atoms with E-state index in [1.807, 2.05) is 20.8 Å². The van der Waals surface area contributed by atoms with Crippen LogP contribution in [0.1, 0.15) is 74.8 Å². The Morgan fingerprint density at radius 1 is 0.958 bits per heavy atom. The summed E-state index contributed by atoms with van der Waals surface area (Å²) in [7, 11) is -6.20. The van der Waals surface area contributed by atoms with Gasteiger partial charge in [0.05, 0.1) is 30.0 Å². The van der Waals surface area contributed by atoms with Gasteiger partial charge in [0.25, 0.3) is 5.91 Å². The van der Waals surface area contributed by atoms with E-state index < -0.39 is 25.6 Å². The highest BCUT2D eigenvalue weighted by Crippen LogP contribution is 2.39. The summed E-state index contributed by atoms with van der Waals surface area (Å²) >= 11 is 0. The van der Waals surface area contributed by atoms with Gasteiger partial charge in [-0.1, -0.05) is 0 Å². The number of hydrogen-bond donors (Lipinski definition) is 5. The number of alkyl carbamates (subject to hydrolysis) is 1. The van der Waals surface area contributed by atoms with Gasteiger partial charge in [0, 0.05) is 63.0 Å². The molecule has 272 valence electrons. The van der Waals surface area contributed by atoms with Crippen LogP contribution in [0, 0.1) is 0 Å². The average Bonchev–Trinajstić information content (AvgIpc) is 3.37. The van der Waals surface area contributed by atoms with Crippen LogP contribution < -0.4 is 21.7 Å². The third-order valence-electron chi connectivity index (χ3n) is 8.03. The Bertz CT molecular complexity index is 1620. The molecule has 4 aliphatic rings. The SMILES string of the molecule is CC(C)(C)OC(=O)NC1CCNC1.CS(=O)(=O)N1CCC(N)C1.CS(=O)(=O)N1CCC(NC(=O)c2c[nH]c3ncc(C4CC4)nc23)C1.Cl. The topological polar surface area (TPSA) is 222 Å². The second kappa shape index (κ2) is 16.4. The second-order valence-electron chi connectivity index (χ2n) is 13.6. The number of ether oxygens (including phenoxy) is 1. The molecule has 2 aromatic rings. The Morgan fingerprint density at radius 2 is 1.60 bits per heavy atom. The lowest BCUT2D eigenvalue weighted by atomic mass is 10.2. The van der Waals surface area contributed by atoms with Crippen molar-refractivity contribution in [2.24, 2.45) is 5.73 Å². The molecule has 0 spiro atoms. The van der Waals surface area contributed by atoms with Crippen molar-refractivity contribution in [3.63, 3.8) is 0 Å². The molecule has 2 aromatic heterocycles. The summed E-state index contributed by atoms with van der Waals surface area (Å²) in [6.45, 7) is 9.21. The van der Waals surface area contributed by atoms with E-state index in [9.17, 15) is 26.4 Å². The molecule has 19 heteroatoms. The lowest BCUT2D eigenvalue weighted by Crippen LogP contribution is -2.40. The molecule has 1 saturated carbocycles. The van der Waals surface area contributed by atoms with E-state index in [-0.39, 0.29) is 42.5 Å². The van der Waals surface area contributed by atoms with Crippen LogP contribution in [0.5, 0.6) is 0 Å². The fraction of sp³-hybridized carbons (Fsp3) is 0.724. The predicted octanol–water partition coefficient (Wildman–Crippen LogP) is 0.873. The van der Waals surface area contributed by atoms with Gasteiger partial charge in [-0.3, -0.25) is 4.79 Å². The van der Waals surface area contributed by atoms with Crippen LogP contribution in [-0.2, 0) is 24.8 Å². The van der Waals surface area contributed by atoms with Gasteiger partial charge in [-0.25, -0.2) is 40.2 Å². The summed E-state index contributed by atoms with van der Waals surface area (Å²) in [4.78, 5) is 35.7. The standard InChI is InChI=1S/C15H19N5O3S.C9H18N2O2.C5H12N2O2S.ClH/c1-24(22,23)20-5-4-10(8-20)18-15(21)11-6-16-14-13(11)19-12(7-17-14)9-2-3-9;1-9(2,3)13-8(12)11-7-4-5-10-6-7;1-10(8,9)7-3-2-5(6)4-7;/h6-7,9-10H,2-5,8H2,1H3,(H,16,17)(H,18,21);7,10H,4-6H2,1-3H3,(H,11,12);5H,2-4,6H2,1H3;1H. The molecule has 4 fully saturated rings. The molecule has 5 heterocycles. The Kier molecular flexibility index (Phi) is 13.6. The van der Waals surface area contributed by atoms with Crippen molar-refractivity contribution < 1.29 is 31.2 Å². The number of amides is 2. The van der Waals surface area contributed by atoms with Gasteiger partial charge in [0.1, 0.15) is 11.1 Å². The molecule has 16 nitrogen and oxygen atoms in total. The largest absolute Gasteiger partial charge is 0.444 e. The van der Waals surface area contributed by atoms with Gasteiger partial charge < -0.3 is 31.4 Å². The van der Waals surface area contributed by atoms with Crippen molar-refractivity contribution in [1.82, 2.24) is 39.5 Å². The zero-order valence-corrected chi connectivity index (χ0v) is 30.6. The first-order chi connectivity index (χ1) is 21.9. The summed E-state index contributed by atoms with van der Waals surface area (Å²) in [5.74, 6) is 0.217. The number of carbonyl (C=O) groups is 2. The van der Waals surface area contributed by atoms with Gasteiger partial charge in [-0.05, 0) is 59.4 Å². The molecule has 3 unspecified atom stereocenters. The smallest absolute Gasteiger partial charge is 0.407 e. The van der Waals surface area contributed by atoms with Crippen molar-refractivity contribution in [2.75, 3.05) is 51.8 Å². The number of fused-ring (bicyclic) bond motifs is 1. The van der Waals surface area contributed by atoms with E-state index in [0.717, 1.165) is 44.5 Å². The van der Waals surface area contributed by atoms with Crippen LogP contribution in [0.2, 0.25) is 0 Å². The molecule has 0 aromatic carbocycles. The maximum Gasteiger partial charge on any atom is 0.407 e. The molecule has 48 heavy (non-hydrogen) atoms. The van der Waals surface area contributed by atoms with Gasteiger partial charge >= 0.3 is 6.09 Å². The third kappa shape index (κ3) is 12.1. The lowest BCUT2D eigenvalue weighted by Gasteiger charge is -2.21. The fourth-order valence-corrected chi connectivity index (χ4v) is 7.16. The Morgan fingerprint density at radius 3 is 2.10 bits per heavy atom. The number of nitrogens with zero attached hydrogens (tertiary/aromatic N) is 4. The maximum atomic E-state index is 12.6. The quantitative estimate of drug-likeness (QED) is 0.280. The molecule has 3 saturated heterocycles. The molecule has 0 radical (unpaired) electrons.